The minimum absolute atomic E-state index is 0.0953. The van der Waals surface area contributed by atoms with E-state index in [1.807, 2.05) is 0 Å². The zero-order chi connectivity index (χ0) is 73.2. The molecule has 0 aromatic heterocycles. The molecule has 0 amide bonds. The maximum atomic E-state index is 13.1. The summed E-state index contributed by atoms with van der Waals surface area (Å²) in [6, 6.07) is 0. The molecular formula is C81H156O17P2. The molecule has 0 spiro atoms. The Balaban J connectivity index is 5.28. The van der Waals surface area contributed by atoms with E-state index in [2.05, 4.69) is 39.8 Å². The lowest BCUT2D eigenvalue weighted by Crippen LogP contribution is -2.30. The summed E-state index contributed by atoms with van der Waals surface area (Å²) < 4.78 is 68.7. The van der Waals surface area contributed by atoms with Gasteiger partial charge in [0.1, 0.15) is 19.3 Å². The van der Waals surface area contributed by atoms with Crippen LogP contribution in [0.3, 0.4) is 0 Å². The molecule has 2 unspecified atom stereocenters. The highest BCUT2D eigenvalue weighted by molar-refractivity contribution is 7.47. The number of carbonyl (C=O) groups is 4. The summed E-state index contributed by atoms with van der Waals surface area (Å²) >= 11 is 0. The van der Waals surface area contributed by atoms with Crippen molar-refractivity contribution < 1.29 is 80.2 Å². The van der Waals surface area contributed by atoms with Crippen LogP contribution in [0.5, 0.6) is 0 Å². The number of carbonyl (C=O) groups excluding carboxylic acids is 4. The zero-order valence-corrected chi connectivity index (χ0v) is 66.7. The van der Waals surface area contributed by atoms with Gasteiger partial charge in [-0.15, -0.1) is 0 Å². The lowest BCUT2D eigenvalue weighted by atomic mass is 10.0. The molecule has 100 heavy (non-hydrogen) atoms. The Kier molecular flexibility index (Phi) is 73.4. The number of ether oxygens (including phenoxy) is 4. The van der Waals surface area contributed by atoms with Crippen LogP contribution in [0.15, 0.2) is 12.2 Å². The Morgan fingerprint density at radius 2 is 0.460 bits per heavy atom. The summed E-state index contributed by atoms with van der Waals surface area (Å²) in [5, 5.41) is 10.6. The van der Waals surface area contributed by atoms with Gasteiger partial charge in [0.2, 0.25) is 0 Å². The second-order valence-corrected chi connectivity index (χ2v) is 31.7. The Labute approximate surface area is 612 Å². The quantitative estimate of drug-likeness (QED) is 0.0169. The maximum Gasteiger partial charge on any atom is 0.472 e. The summed E-state index contributed by atoms with van der Waals surface area (Å²) in [7, 11) is -9.93. The fourth-order valence-corrected chi connectivity index (χ4v) is 13.9. The summed E-state index contributed by atoms with van der Waals surface area (Å²) in [4.78, 5) is 73.1. The number of unbranched alkanes of at least 4 members (excludes halogenated alkanes) is 53. The molecule has 592 valence electrons. The molecule has 0 heterocycles. The van der Waals surface area contributed by atoms with Gasteiger partial charge in [-0.05, 0) is 51.4 Å². The molecular weight excluding hydrogens is 1310 g/mol. The van der Waals surface area contributed by atoms with Gasteiger partial charge in [0.05, 0.1) is 26.4 Å². The van der Waals surface area contributed by atoms with Crippen LogP contribution in [0.4, 0.5) is 0 Å². The number of allylic oxidation sites excluding steroid dienone is 2. The fourth-order valence-electron chi connectivity index (χ4n) is 12.3. The van der Waals surface area contributed by atoms with E-state index in [-0.39, 0.29) is 25.7 Å². The molecule has 17 nitrogen and oxygen atoms in total. The SMILES string of the molecule is CCCCCCCC/C=C\CCCCCCCC(=O)O[C@H](COC(=O)CCCCCCCCCCCCCCCCC)COP(=O)(O)OC[C@@H](O)COP(=O)(O)OC[C@@H](COC(=O)CCCCCCCCCCCCCCC)OC(=O)CCCCCCCCCCCCCCCCCCC. The molecule has 0 radical (unpaired) electrons. The van der Waals surface area contributed by atoms with Crippen molar-refractivity contribution in [3.05, 3.63) is 12.2 Å². The first-order valence-corrected chi connectivity index (χ1v) is 44.9. The van der Waals surface area contributed by atoms with Crippen LogP contribution in [-0.4, -0.2) is 96.7 Å². The van der Waals surface area contributed by atoms with Gasteiger partial charge in [0.15, 0.2) is 12.2 Å². The van der Waals surface area contributed by atoms with E-state index in [0.717, 1.165) is 103 Å². The van der Waals surface area contributed by atoms with Crippen LogP contribution >= 0.6 is 15.6 Å². The van der Waals surface area contributed by atoms with E-state index in [4.69, 9.17) is 37.0 Å². The highest BCUT2D eigenvalue weighted by atomic mass is 31.2. The normalized spacial score (nSPS) is 13.9. The Morgan fingerprint density at radius 1 is 0.270 bits per heavy atom. The van der Waals surface area contributed by atoms with Crippen LogP contribution < -0.4 is 0 Å². The van der Waals surface area contributed by atoms with E-state index in [0.29, 0.717) is 25.7 Å². The summed E-state index contributed by atoms with van der Waals surface area (Å²) in [5.74, 6) is -2.12. The van der Waals surface area contributed by atoms with Gasteiger partial charge >= 0.3 is 39.5 Å². The molecule has 0 fully saturated rings. The number of hydrogen-bond donors (Lipinski definition) is 3. The molecule has 0 aromatic rings. The number of phosphoric ester groups is 2. The average molecular weight is 1460 g/mol. The zero-order valence-electron chi connectivity index (χ0n) is 64.9. The van der Waals surface area contributed by atoms with Crippen molar-refractivity contribution in [2.75, 3.05) is 39.6 Å². The second-order valence-electron chi connectivity index (χ2n) is 28.8. The number of aliphatic hydroxyl groups is 1. The molecule has 0 aliphatic carbocycles. The predicted molar refractivity (Wildman–Crippen MR) is 409 cm³/mol. The first kappa shape index (κ1) is 97.8. The maximum absolute atomic E-state index is 13.1. The second kappa shape index (κ2) is 75.0. The Morgan fingerprint density at radius 3 is 0.690 bits per heavy atom. The average Bonchev–Trinajstić information content (AvgIpc) is 0.947. The minimum atomic E-state index is -4.96. The highest BCUT2D eigenvalue weighted by Gasteiger charge is 2.30. The monoisotopic (exact) mass is 1460 g/mol. The van der Waals surface area contributed by atoms with Gasteiger partial charge in [-0.3, -0.25) is 37.3 Å². The Bertz CT molecular complexity index is 1940. The van der Waals surface area contributed by atoms with E-state index >= 15 is 0 Å². The minimum Gasteiger partial charge on any atom is -0.462 e. The molecule has 0 aliphatic heterocycles. The summed E-state index contributed by atoms with van der Waals surface area (Å²) in [6.45, 7) is 5.01. The summed E-state index contributed by atoms with van der Waals surface area (Å²) in [5.41, 5.74) is 0. The smallest absolute Gasteiger partial charge is 0.462 e. The van der Waals surface area contributed by atoms with E-state index in [9.17, 15) is 43.2 Å². The van der Waals surface area contributed by atoms with Crippen molar-refractivity contribution in [2.45, 2.75) is 444 Å². The first-order chi connectivity index (χ1) is 48.7. The van der Waals surface area contributed by atoms with Gasteiger partial charge < -0.3 is 33.8 Å². The van der Waals surface area contributed by atoms with Gasteiger partial charge in [-0.1, -0.05) is 361 Å². The molecule has 0 saturated carbocycles. The number of phosphoric acid groups is 2. The predicted octanol–water partition coefficient (Wildman–Crippen LogP) is 24.3. The van der Waals surface area contributed by atoms with Crippen molar-refractivity contribution in [2.24, 2.45) is 0 Å². The van der Waals surface area contributed by atoms with Crippen LogP contribution in [0.25, 0.3) is 0 Å². The molecule has 3 N–H and O–H groups in total. The third-order valence-corrected chi connectivity index (χ3v) is 20.7. The number of hydrogen-bond acceptors (Lipinski definition) is 15. The van der Waals surface area contributed by atoms with Gasteiger partial charge in [0, 0.05) is 25.7 Å². The standard InChI is InChI=1S/C81H156O17P2/c1-5-9-13-17-21-25-29-33-36-37-40-44-48-52-56-60-64-68-81(86)98-76(71-91-78(83)65-61-57-53-49-45-41-32-28-24-20-16-12-8-4)73-95-99(87,88)93-69-75(82)70-94-100(89,90)96-74-77(97-80(85)67-63-59-55-51-47-43-39-35-31-27-23-19-15-11-7-3)72-92-79(84)66-62-58-54-50-46-42-38-34-30-26-22-18-14-10-6-2/h35,39,75-77,82H,5-34,36-38,40-74H2,1-4H3,(H,87,88)(H,89,90)/b39-35-/t75-,76+,77+/m0/s1. The molecule has 19 heteroatoms. The summed E-state index contributed by atoms with van der Waals surface area (Å²) in [6.07, 6.45) is 68.9. The van der Waals surface area contributed by atoms with Crippen molar-refractivity contribution in [3.8, 4) is 0 Å². The molecule has 0 rings (SSSR count). The van der Waals surface area contributed by atoms with Gasteiger partial charge in [0.25, 0.3) is 0 Å². The lowest BCUT2D eigenvalue weighted by Gasteiger charge is -2.21. The highest BCUT2D eigenvalue weighted by Crippen LogP contribution is 2.45. The van der Waals surface area contributed by atoms with E-state index in [1.54, 1.807) is 0 Å². The third kappa shape index (κ3) is 74.1. The van der Waals surface area contributed by atoms with Crippen LogP contribution in [0, 0.1) is 0 Å². The molecule has 0 aromatic carbocycles. The van der Waals surface area contributed by atoms with Gasteiger partial charge in [-0.25, -0.2) is 9.13 Å². The molecule has 0 saturated heterocycles. The van der Waals surface area contributed by atoms with Crippen molar-refractivity contribution in [1.29, 1.82) is 0 Å². The fraction of sp³-hybridized carbons (Fsp3) is 0.926. The molecule has 0 bridgehead atoms. The third-order valence-electron chi connectivity index (χ3n) is 18.8. The van der Waals surface area contributed by atoms with Gasteiger partial charge in [-0.2, -0.15) is 0 Å². The molecule has 5 atom stereocenters. The number of esters is 4. The largest absolute Gasteiger partial charge is 0.472 e. The number of rotatable bonds is 81. The Hall–Kier alpha value is -2.20. The lowest BCUT2D eigenvalue weighted by molar-refractivity contribution is -0.161. The van der Waals surface area contributed by atoms with Crippen LogP contribution in [-0.2, 0) is 65.4 Å². The van der Waals surface area contributed by atoms with E-state index < -0.39 is 97.5 Å². The topological polar surface area (TPSA) is 237 Å². The van der Waals surface area contributed by atoms with Crippen molar-refractivity contribution >= 4 is 39.5 Å². The van der Waals surface area contributed by atoms with Crippen molar-refractivity contribution in [1.82, 2.24) is 0 Å². The van der Waals surface area contributed by atoms with Crippen molar-refractivity contribution in [3.63, 3.8) is 0 Å². The molecule has 0 aliphatic rings. The van der Waals surface area contributed by atoms with Crippen LogP contribution in [0.2, 0.25) is 0 Å². The number of aliphatic hydroxyl groups excluding tert-OH is 1. The van der Waals surface area contributed by atoms with E-state index in [1.165, 1.54) is 244 Å². The first-order valence-electron chi connectivity index (χ1n) is 41.9. The van der Waals surface area contributed by atoms with Crippen LogP contribution in [0.1, 0.15) is 426 Å².